The smallest absolute Gasteiger partial charge is 0.237 e. The summed E-state index contributed by atoms with van der Waals surface area (Å²) in [5.74, 6) is 0.895. The molecule has 4 unspecified atom stereocenters. The molecule has 4 heteroatoms. The summed E-state index contributed by atoms with van der Waals surface area (Å²) in [4.78, 5) is 12.7. The van der Waals surface area contributed by atoms with E-state index in [1.54, 1.807) is 0 Å². The lowest BCUT2D eigenvalue weighted by Crippen LogP contribution is -2.44. The van der Waals surface area contributed by atoms with E-state index in [1.165, 1.54) is 36.8 Å². The van der Waals surface area contributed by atoms with Crippen LogP contribution in [0.3, 0.4) is 0 Å². The fraction of sp³-hybridized carbons (Fsp3) is 0.632. The van der Waals surface area contributed by atoms with Crippen LogP contribution < -0.4 is 16.4 Å². The first-order valence-corrected chi connectivity index (χ1v) is 9.15. The van der Waals surface area contributed by atoms with Crippen LogP contribution in [0.2, 0.25) is 0 Å². The molecule has 1 heterocycles. The first-order valence-electron chi connectivity index (χ1n) is 9.15. The number of nitrogen functional groups attached to an aromatic ring is 1. The Morgan fingerprint density at radius 2 is 2.04 bits per heavy atom. The maximum atomic E-state index is 12.7. The average molecular weight is 313 g/mol. The Balaban J connectivity index is 1.44. The van der Waals surface area contributed by atoms with Gasteiger partial charge in [-0.3, -0.25) is 4.79 Å². The van der Waals surface area contributed by atoms with Crippen molar-refractivity contribution in [2.24, 2.45) is 5.92 Å². The Morgan fingerprint density at radius 1 is 1.17 bits per heavy atom. The molecule has 0 bridgehead atoms. The standard InChI is InChI=1S/C19H27N3O/c20-14-8-9-15-12(10-14)5-3-7-17(15)22-19(23)18-11-13-4-1-2-6-16(13)21-18/h8-10,13,16-18,21H,1-7,11,20H2,(H,22,23). The number of rotatable bonds is 2. The Hall–Kier alpha value is -1.55. The van der Waals surface area contributed by atoms with E-state index in [9.17, 15) is 4.79 Å². The third kappa shape index (κ3) is 2.97. The summed E-state index contributed by atoms with van der Waals surface area (Å²) in [6, 6.07) is 6.83. The number of nitrogens with one attached hydrogen (secondary N) is 2. The Morgan fingerprint density at radius 3 is 2.91 bits per heavy atom. The van der Waals surface area contributed by atoms with Gasteiger partial charge in [-0.05, 0) is 67.7 Å². The lowest BCUT2D eigenvalue weighted by molar-refractivity contribution is -0.123. The van der Waals surface area contributed by atoms with Gasteiger partial charge in [-0.15, -0.1) is 0 Å². The number of fused-ring (bicyclic) bond motifs is 2. The highest BCUT2D eigenvalue weighted by molar-refractivity contribution is 5.82. The number of hydrogen-bond donors (Lipinski definition) is 3. The molecule has 4 atom stereocenters. The normalized spacial score (nSPS) is 32.9. The van der Waals surface area contributed by atoms with E-state index in [1.807, 2.05) is 6.07 Å². The number of amides is 1. The fourth-order valence-corrected chi connectivity index (χ4v) is 4.78. The Kier molecular flexibility index (Phi) is 4.02. The highest BCUT2D eigenvalue weighted by atomic mass is 16.2. The van der Waals surface area contributed by atoms with Gasteiger partial charge < -0.3 is 16.4 Å². The molecule has 1 amide bonds. The van der Waals surface area contributed by atoms with Crippen molar-refractivity contribution in [3.8, 4) is 0 Å². The quantitative estimate of drug-likeness (QED) is 0.735. The molecule has 1 aromatic rings. The van der Waals surface area contributed by atoms with Crippen LogP contribution in [0.15, 0.2) is 18.2 Å². The maximum absolute atomic E-state index is 12.7. The third-order valence-corrected chi connectivity index (χ3v) is 5.98. The van der Waals surface area contributed by atoms with Crippen molar-refractivity contribution in [3.05, 3.63) is 29.3 Å². The van der Waals surface area contributed by atoms with Crippen LogP contribution in [0.25, 0.3) is 0 Å². The molecular weight excluding hydrogens is 286 g/mol. The summed E-state index contributed by atoms with van der Waals surface area (Å²) in [6.45, 7) is 0. The summed E-state index contributed by atoms with van der Waals surface area (Å²) in [7, 11) is 0. The van der Waals surface area contributed by atoms with Crippen LogP contribution >= 0.6 is 0 Å². The second kappa shape index (κ2) is 6.16. The van der Waals surface area contributed by atoms with Gasteiger partial charge in [0.2, 0.25) is 5.91 Å². The first kappa shape index (κ1) is 15.0. The Bertz CT molecular complexity index is 586. The van der Waals surface area contributed by atoms with Crippen LogP contribution in [0.4, 0.5) is 5.69 Å². The van der Waals surface area contributed by atoms with Gasteiger partial charge >= 0.3 is 0 Å². The molecule has 0 radical (unpaired) electrons. The van der Waals surface area contributed by atoms with Gasteiger partial charge in [0.1, 0.15) is 0 Å². The van der Waals surface area contributed by atoms with Crippen molar-refractivity contribution in [3.63, 3.8) is 0 Å². The largest absolute Gasteiger partial charge is 0.399 e. The van der Waals surface area contributed by atoms with E-state index in [-0.39, 0.29) is 18.0 Å². The second-order valence-electron chi connectivity index (χ2n) is 7.52. The predicted octanol–water partition coefficient (Wildman–Crippen LogP) is 2.68. The molecule has 0 aromatic heterocycles. The van der Waals surface area contributed by atoms with E-state index >= 15 is 0 Å². The van der Waals surface area contributed by atoms with Gasteiger partial charge in [0.15, 0.2) is 0 Å². The SMILES string of the molecule is Nc1ccc2c(c1)CCCC2NC(=O)C1CC2CCCCC2N1. The highest BCUT2D eigenvalue weighted by Gasteiger charge is 2.38. The first-order chi connectivity index (χ1) is 11.2. The zero-order valence-electron chi connectivity index (χ0n) is 13.7. The lowest BCUT2D eigenvalue weighted by atomic mass is 9.85. The van der Waals surface area contributed by atoms with Crippen molar-refractivity contribution < 1.29 is 4.79 Å². The number of aryl methyl sites for hydroxylation is 1. The van der Waals surface area contributed by atoms with Crippen molar-refractivity contribution in [2.75, 3.05) is 5.73 Å². The molecule has 2 fully saturated rings. The molecule has 4 nitrogen and oxygen atoms in total. The second-order valence-corrected chi connectivity index (χ2v) is 7.52. The third-order valence-electron chi connectivity index (χ3n) is 5.98. The average Bonchev–Trinajstić information content (AvgIpc) is 2.99. The van der Waals surface area contributed by atoms with Crippen LogP contribution in [0, 0.1) is 5.92 Å². The molecule has 0 spiro atoms. The number of benzene rings is 1. The van der Waals surface area contributed by atoms with Crippen molar-refractivity contribution >= 4 is 11.6 Å². The number of carbonyl (C=O) groups excluding carboxylic acids is 1. The van der Waals surface area contributed by atoms with E-state index in [4.69, 9.17) is 5.73 Å². The van der Waals surface area contributed by atoms with Crippen LogP contribution in [-0.2, 0) is 11.2 Å². The summed E-state index contributed by atoms with van der Waals surface area (Å²) >= 11 is 0. The number of anilines is 1. The molecule has 1 saturated carbocycles. The minimum absolute atomic E-state index is 0.00209. The number of hydrogen-bond acceptors (Lipinski definition) is 3. The number of carbonyl (C=O) groups is 1. The van der Waals surface area contributed by atoms with E-state index < -0.39 is 0 Å². The molecule has 23 heavy (non-hydrogen) atoms. The van der Waals surface area contributed by atoms with Crippen LogP contribution in [0.1, 0.15) is 62.1 Å². The zero-order valence-corrected chi connectivity index (χ0v) is 13.7. The number of nitrogens with two attached hydrogens (primary N) is 1. The molecule has 1 saturated heterocycles. The lowest BCUT2D eigenvalue weighted by Gasteiger charge is -2.28. The van der Waals surface area contributed by atoms with E-state index in [0.29, 0.717) is 12.0 Å². The van der Waals surface area contributed by atoms with Crippen molar-refractivity contribution in [1.29, 1.82) is 0 Å². The molecule has 1 aliphatic heterocycles. The van der Waals surface area contributed by atoms with Crippen molar-refractivity contribution in [2.45, 2.75) is 69.5 Å². The fourth-order valence-electron chi connectivity index (χ4n) is 4.78. The summed E-state index contributed by atoms with van der Waals surface area (Å²) in [6.07, 6.45) is 9.38. The predicted molar refractivity (Wildman–Crippen MR) is 92.0 cm³/mol. The highest BCUT2D eigenvalue weighted by Crippen LogP contribution is 2.34. The van der Waals surface area contributed by atoms with Gasteiger partial charge in [-0.25, -0.2) is 0 Å². The molecule has 124 valence electrons. The summed E-state index contributed by atoms with van der Waals surface area (Å²) < 4.78 is 0. The minimum Gasteiger partial charge on any atom is -0.399 e. The molecular formula is C19H27N3O. The monoisotopic (exact) mass is 313 g/mol. The topological polar surface area (TPSA) is 67.1 Å². The molecule has 4 rings (SSSR count). The summed E-state index contributed by atoms with van der Waals surface area (Å²) in [5.41, 5.74) is 9.27. The minimum atomic E-state index is 0.00209. The van der Waals surface area contributed by atoms with Crippen molar-refractivity contribution in [1.82, 2.24) is 10.6 Å². The van der Waals surface area contributed by atoms with Gasteiger partial charge in [0.25, 0.3) is 0 Å². The molecule has 3 aliphatic rings. The Labute approximate surface area is 138 Å². The van der Waals surface area contributed by atoms with Gasteiger partial charge in [0, 0.05) is 11.7 Å². The van der Waals surface area contributed by atoms with Gasteiger partial charge in [0.05, 0.1) is 12.1 Å². The zero-order chi connectivity index (χ0) is 15.8. The van der Waals surface area contributed by atoms with E-state index in [0.717, 1.165) is 31.4 Å². The van der Waals surface area contributed by atoms with Crippen LogP contribution in [0.5, 0.6) is 0 Å². The maximum Gasteiger partial charge on any atom is 0.237 e. The van der Waals surface area contributed by atoms with Gasteiger partial charge in [-0.1, -0.05) is 18.9 Å². The molecule has 2 aliphatic carbocycles. The molecule has 4 N–H and O–H groups in total. The summed E-state index contributed by atoms with van der Waals surface area (Å²) in [5, 5.41) is 6.89. The van der Waals surface area contributed by atoms with Crippen LogP contribution in [-0.4, -0.2) is 18.0 Å². The van der Waals surface area contributed by atoms with Gasteiger partial charge in [-0.2, -0.15) is 0 Å². The van der Waals surface area contributed by atoms with E-state index in [2.05, 4.69) is 22.8 Å². The molecule has 1 aromatic carbocycles.